The minimum Gasteiger partial charge on any atom is -0.321 e. The van der Waals surface area contributed by atoms with Crippen molar-refractivity contribution in [1.29, 1.82) is 0 Å². The van der Waals surface area contributed by atoms with Crippen LogP contribution in [0.2, 0.25) is 10.0 Å². The summed E-state index contributed by atoms with van der Waals surface area (Å²) >= 11 is 13.1. The molecule has 1 heterocycles. The number of amides is 1. The first-order valence-electron chi connectivity index (χ1n) is 8.55. The average molecular weight is 482 g/mol. The summed E-state index contributed by atoms with van der Waals surface area (Å²) in [6, 6.07) is 14.5. The van der Waals surface area contributed by atoms with Gasteiger partial charge in [0.2, 0.25) is 0 Å². The lowest BCUT2D eigenvalue weighted by molar-refractivity contribution is 0.102. The second-order valence-electron chi connectivity index (χ2n) is 6.18. The third-order valence-corrected chi connectivity index (χ3v) is 7.21. The summed E-state index contributed by atoms with van der Waals surface area (Å²) < 4.78 is 28.2. The van der Waals surface area contributed by atoms with Crippen molar-refractivity contribution in [3.8, 4) is 0 Å². The van der Waals surface area contributed by atoms with Crippen molar-refractivity contribution in [2.45, 2.75) is 4.90 Å². The van der Waals surface area contributed by atoms with Gasteiger partial charge in [0.05, 0.1) is 14.9 Å². The number of sulfonamides is 1. The van der Waals surface area contributed by atoms with E-state index in [4.69, 9.17) is 23.2 Å². The van der Waals surface area contributed by atoms with E-state index in [1.54, 1.807) is 41.8 Å². The van der Waals surface area contributed by atoms with E-state index in [-0.39, 0.29) is 17.9 Å². The zero-order valence-corrected chi connectivity index (χ0v) is 18.2. The number of nitrogens with zero attached hydrogens (tertiary/aromatic N) is 1. The van der Waals surface area contributed by atoms with Gasteiger partial charge in [-0.3, -0.25) is 9.52 Å². The van der Waals surface area contributed by atoms with Crippen LogP contribution in [0.5, 0.6) is 0 Å². The minimum absolute atomic E-state index is 0. The summed E-state index contributed by atoms with van der Waals surface area (Å²) in [5.41, 5.74) is 0.797. The number of nitrogens with one attached hydrogen (secondary N) is 2. The van der Waals surface area contributed by atoms with E-state index in [0.29, 0.717) is 27.0 Å². The number of fused-ring (bicyclic) bond motifs is 1. The molecule has 4 rings (SSSR count). The molecular formula is C20H17Cl2N3O3S2. The molecule has 0 fully saturated rings. The molecule has 0 radical (unpaired) electrons. The van der Waals surface area contributed by atoms with Crippen molar-refractivity contribution >= 4 is 72.1 Å². The number of halogens is 2. The zero-order chi connectivity index (χ0) is 21.3. The molecule has 4 aromatic rings. The topological polar surface area (TPSA) is 88.2 Å². The highest BCUT2D eigenvalue weighted by Gasteiger charge is 2.20. The highest BCUT2D eigenvalue weighted by atomic mass is 35.5. The minimum atomic E-state index is -3.86. The van der Waals surface area contributed by atoms with Gasteiger partial charge in [-0.1, -0.05) is 47.5 Å². The highest BCUT2D eigenvalue weighted by Crippen LogP contribution is 2.31. The standard InChI is InChI=1S/C20H13Cl2N3O3S2.2H2/c21-15-8-7-12(11-16(15)22)19(26)24-17-5-1-4-14-13(17)3-2-6-18(14)30(27,28)25-20-23-9-10-29-20;;/h1-11H,(H,23,25)(H,24,26);2*1H. The number of thiazole rings is 1. The number of hydrogen-bond donors (Lipinski definition) is 2. The number of anilines is 2. The van der Waals surface area contributed by atoms with Crippen LogP contribution in [0.3, 0.4) is 0 Å². The Labute approximate surface area is 189 Å². The Kier molecular flexibility index (Phi) is 5.66. The largest absolute Gasteiger partial charge is 0.321 e. The van der Waals surface area contributed by atoms with E-state index < -0.39 is 15.9 Å². The smallest absolute Gasteiger partial charge is 0.264 e. The number of hydrogen-bond acceptors (Lipinski definition) is 5. The van der Waals surface area contributed by atoms with Gasteiger partial charge in [0.1, 0.15) is 0 Å². The number of rotatable bonds is 5. The molecule has 0 saturated carbocycles. The van der Waals surface area contributed by atoms with E-state index in [1.807, 2.05) is 0 Å². The van der Waals surface area contributed by atoms with Gasteiger partial charge in [-0.2, -0.15) is 0 Å². The SMILES string of the molecule is O=C(Nc1cccc2c(S(=O)(=O)Nc3nccs3)cccc12)c1ccc(Cl)c(Cl)c1.[HH].[HH]. The molecule has 0 aliphatic rings. The number of carbonyl (C=O) groups is 1. The van der Waals surface area contributed by atoms with E-state index in [1.165, 1.54) is 35.7 Å². The lowest BCUT2D eigenvalue weighted by Crippen LogP contribution is -2.14. The Balaban J connectivity index is 0.00000181. The van der Waals surface area contributed by atoms with E-state index >= 15 is 0 Å². The van der Waals surface area contributed by atoms with Crippen LogP contribution in [0.4, 0.5) is 10.8 Å². The molecule has 2 N–H and O–H groups in total. The molecule has 1 amide bonds. The quantitative estimate of drug-likeness (QED) is 0.357. The van der Waals surface area contributed by atoms with Gasteiger partial charge >= 0.3 is 0 Å². The lowest BCUT2D eigenvalue weighted by Gasteiger charge is -2.13. The van der Waals surface area contributed by atoms with E-state index in [2.05, 4.69) is 15.0 Å². The van der Waals surface area contributed by atoms with Crippen molar-refractivity contribution in [1.82, 2.24) is 4.98 Å². The molecule has 3 aromatic carbocycles. The molecule has 0 saturated heterocycles. The molecule has 0 aliphatic carbocycles. The van der Waals surface area contributed by atoms with Crippen molar-refractivity contribution in [2.24, 2.45) is 0 Å². The molecule has 30 heavy (non-hydrogen) atoms. The van der Waals surface area contributed by atoms with Gasteiger partial charge in [-0.25, -0.2) is 13.4 Å². The number of carbonyl (C=O) groups excluding carboxylic acids is 1. The Morgan fingerprint density at radius 1 is 1.00 bits per heavy atom. The van der Waals surface area contributed by atoms with Crippen molar-refractivity contribution in [2.75, 3.05) is 10.0 Å². The fourth-order valence-corrected chi connectivity index (χ4v) is 5.21. The molecule has 0 unspecified atom stereocenters. The van der Waals surface area contributed by atoms with Crippen molar-refractivity contribution in [3.05, 3.63) is 81.8 Å². The van der Waals surface area contributed by atoms with Crippen LogP contribution < -0.4 is 10.0 Å². The van der Waals surface area contributed by atoms with Gasteiger partial charge in [0.15, 0.2) is 5.13 Å². The monoisotopic (exact) mass is 481 g/mol. The Morgan fingerprint density at radius 2 is 1.77 bits per heavy atom. The van der Waals surface area contributed by atoms with Crippen LogP contribution in [-0.4, -0.2) is 19.3 Å². The third-order valence-electron chi connectivity index (χ3n) is 4.26. The lowest BCUT2D eigenvalue weighted by atomic mass is 10.1. The van der Waals surface area contributed by atoms with Crippen LogP contribution in [0.15, 0.2) is 71.1 Å². The first-order valence-corrected chi connectivity index (χ1v) is 11.7. The van der Waals surface area contributed by atoms with Crippen LogP contribution in [0, 0.1) is 0 Å². The van der Waals surface area contributed by atoms with Gasteiger partial charge < -0.3 is 5.32 Å². The summed E-state index contributed by atoms with van der Waals surface area (Å²) in [5, 5.41) is 6.42. The molecule has 10 heteroatoms. The van der Waals surface area contributed by atoms with Crippen LogP contribution in [0.1, 0.15) is 13.2 Å². The van der Waals surface area contributed by atoms with Gasteiger partial charge in [-0.15, -0.1) is 11.3 Å². The van der Waals surface area contributed by atoms with Gasteiger partial charge in [-0.05, 0) is 30.3 Å². The fourth-order valence-electron chi connectivity index (χ4n) is 2.90. The molecule has 0 bridgehead atoms. The van der Waals surface area contributed by atoms with Crippen LogP contribution >= 0.6 is 34.5 Å². The average Bonchev–Trinajstić information content (AvgIpc) is 3.22. The molecule has 0 aliphatic heterocycles. The summed E-state index contributed by atoms with van der Waals surface area (Å²) in [4.78, 5) is 16.7. The predicted molar refractivity (Wildman–Crippen MR) is 126 cm³/mol. The van der Waals surface area contributed by atoms with Gasteiger partial charge in [0, 0.05) is 36.5 Å². The van der Waals surface area contributed by atoms with E-state index in [0.717, 1.165) is 0 Å². The van der Waals surface area contributed by atoms with Crippen molar-refractivity contribution in [3.63, 3.8) is 0 Å². The number of benzene rings is 3. The molecular weight excluding hydrogens is 465 g/mol. The maximum Gasteiger partial charge on any atom is 0.264 e. The summed E-state index contributed by atoms with van der Waals surface area (Å²) in [5.74, 6) is -0.393. The summed E-state index contributed by atoms with van der Waals surface area (Å²) in [6.45, 7) is 0. The molecule has 156 valence electrons. The van der Waals surface area contributed by atoms with Crippen LogP contribution in [-0.2, 0) is 10.0 Å². The Hall–Kier alpha value is -2.65. The predicted octanol–water partition coefficient (Wildman–Crippen LogP) is 6.15. The van der Waals surface area contributed by atoms with Crippen molar-refractivity contribution < 1.29 is 16.1 Å². The molecule has 0 spiro atoms. The first-order chi connectivity index (χ1) is 14.3. The highest BCUT2D eigenvalue weighted by molar-refractivity contribution is 7.93. The normalized spacial score (nSPS) is 11.4. The zero-order valence-electron chi connectivity index (χ0n) is 15.1. The number of aromatic nitrogens is 1. The molecule has 1 aromatic heterocycles. The Morgan fingerprint density at radius 3 is 2.50 bits per heavy atom. The van der Waals surface area contributed by atoms with E-state index in [9.17, 15) is 13.2 Å². The second-order valence-corrected chi connectivity index (χ2v) is 9.54. The summed E-state index contributed by atoms with van der Waals surface area (Å²) in [6.07, 6.45) is 1.52. The summed E-state index contributed by atoms with van der Waals surface area (Å²) in [7, 11) is -3.86. The molecule has 6 nitrogen and oxygen atoms in total. The molecule has 0 atom stereocenters. The first kappa shape index (κ1) is 20.6. The fraction of sp³-hybridized carbons (Fsp3) is 0. The van der Waals surface area contributed by atoms with Gasteiger partial charge in [0.25, 0.3) is 15.9 Å². The second kappa shape index (κ2) is 8.23. The maximum atomic E-state index is 12.9. The Bertz CT molecular complexity index is 1370. The maximum absolute atomic E-state index is 12.9. The third kappa shape index (κ3) is 4.13. The van der Waals surface area contributed by atoms with Crippen LogP contribution in [0.25, 0.3) is 10.8 Å².